The van der Waals surface area contributed by atoms with Crippen molar-refractivity contribution >= 4 is 16.7 Å². The van der Waals surface area contributed by atoms with Gasteiger partial charge >= 0.3 is 12.0 Å². The number of hydrogen-bond acceptors (Lipinski definition) is 3. The van der Waals surface area contributed by atoms with E-state index >= 15 is 0 Å². The molecule has 0 saturated carbocycles. The Labute approximate surface area is 101 Å². The molecule has 0 saturated heterocycles. The van der Waals surface area contributed by atoms with Crippen molar-refractivity contribution in [3.63, 3.8) is 0 Å². The number of hydrazine groups is 1. The number of halogens is 2. The number of hydrogen-bond donors (Lipinski definition) is 2. The Bertz CT molecular complexity index is 582. The van der Waals surface area contributed by atoms with Crippen LogP contribution in [0.2, 0.25) is 0 Å². The minimum absolute atomic E-state index is 0.0818. The van der Waals surface area contributed by atoms with E-state index in [1.807, 2.05) is 0 Å². The fourth-order valence-corrected chi connectivity index (χ4v) is 1.55. The van der Waals surface area contributed by atoms with Crippen LogP contribution in [0.15, 0.2) is 42.5 Å². The summed E-state index contributed by atoms with van der Waals surface area (Å²) in [7, 11) is 0. The molecule has 0 heterocycles. The molecule has 0 unspecified atom stereocenters. The second kappa shape index (κ2) is 4.58. The van der Waals surface area contributed by atoms with Crippen LogP contribution in [0.25, 0.3) is 10.8 Å². The lowest BCUT2D eigenvalue weighted by Gasteiger charge is -2.17. The van der Waals surface area contributed by atoms with Gasteiger partial charge in [0, 0.05) is 5.39 Å². The maximum absolute atomic E-state index is 13.3. The quantitative estimate of drug-likeness (QED) is 0.497. The maximum atomic E-state index is 13.3. The summed E-state index contributed by atoms with van der Waals surface area (Å²) in [5.41, 5.74) is 1.36. The van der Waals surface area contributed by atoms with Gasteiger partial charge in [-0.2, -0.15) is 8.78 Å². The highest BCUT2D eigenvalue weighted by atomic mass is 19.3. The summed E-state index contributed by atoms with van der Waals surface area (Å²) in [6, 6.07) is 11.5. The van der Waals surface area contributed by atoms with Crippen LogP contribution in [0.3, 0.4) is 0 Å². The van der Waals surface area contributed by atoms with Crippen molar-refractivity contribution < 1.29 is 18.3 Å². The monoisotopic (exact) mass is 252 g/mol. The number of ether oxygens (including phenoxy) is 1. The Morgan fingerprint density at radius 2 is 1.83 bits per heavy atom. The Morgan fingerprint density at radius 3 is 2.56 bits per heavy atom. The molecule has 0 radical (unpaired) electrons. The number of amides is 1. The molecular formula is C12H10F2N2O2. The fraction of sp³-hybridized carbons (Fsp3) is 0.0833. The molecule has 1 amide bonds. The lowest BCUT2D eigenvalue weighted by molar-refractivity contribution is -0.192. The molecule has 4 nitrogen and oxygen atoms in total. The first kappa shape index (κ1) is 12.3. The van der Waals surface area contributed by atoms with Gasteiger partial charge in [-0.15, -0.1) is 0 Å². The van der Waals surface area contributed by atoms with Gasteiger partial charge in [0.25, 0.3) is 0 Å². The largest absolute Gasteiger partial charge is 0.483 e. The first-order valence-electron chi connectivity index (χ1n) is 5.10. The van der Waals surface area contributed by atoms with E-state index in [1.165, 1.54) is 11.5 Å². The number of rotatable bonds is 3. The number of benzene rings is 2. The first-order valence-corrected chi connectivity index (χ1v) is 5.10. The zero-order valence-corrected chi connectivity index (χ0v) is 9.19. The Hall–Kier alpha value is -2.21. The molecule has 0 aliphatic carbocycles. The Balaban J connectivity index is 2.41. The van der Waals surface area contributed by atoms with Crippen LogP contribution >= 0.6 is 0 Å². The first-order chi connectivity index (χ1) is 8.54. The van der Waals surface area contributed by atoms with Crippen LogP contribution in [-0.4, -0.2) is 12.0 Å². The number of nitrogens with one attached hydrogen (secondary N) is 1. The summed E-state index contributed by atoms with van der Waals surface area (Å²) in [5, 5.41) is 1.23. The molecule has 94 valence electrons. The topological polar surface area (TPSA) is 64.3 Å². The van der Waals surface area contributed by atoms with Crippen LogP contribution < -0.4 is 16.0 Å². The molecule has 2 rings (SSSR count). The molecule has 0 aromatic heterocycles. The Kier molecular flexibility index (Phi) is 3.12. The number of fused-ring (bicyclic) bond motifs is 1. The predicted molar refractivity (Wildman–Crippen MR) is 61.9 cm³/mol. The van der Waals surface area contributed by atoms with E-state index in [2.05, 4.69) is 10.6 Å². The zero-order chi connectivity index (χ0) is 13.2. The van der Waals surface area contributed by atoms with Gasteiger partial charge in [-0.3, -0.25) is 10.2 Å². The van der Waals surface area contributed by atoms with Gasteiger partial charge in [-0.05, 0) is 11.5 Å². The smallest absolute Gasteiger partial charge is 0.425 e. The third kappa shape index (κ3) is 2.23. The number of carbonyl (C=O) groups is 1. The van der Waals surface area contributed by atoms with Crippen LogP contribution in [0.5, 0.6) is 5.75 Å². The van der Waals surface area contributed by atoms with Gasteiger partial charge in [0.1, 0.15) is 5.75 Å². The molecule has 0 aliphatic rings. The van der Waals surface area contributed by atoms with E-state index in [9.17, 15) is 13.6 Å². The van der Waals surface area contributed by atoms with E-state index in [1.54, 1.807) is 36.4 Å². The van der Waals surface area contributed by atoms with Gasteiger partial charge in [0.05, 0.1) is 0 Å². The fourth-order valence-electron chi connectivity index (χ4n) is 1.55. The van der Waals surface area contributed by atoms with Crippen LogP contribution in [-0.2, 0) is 4.79 Å². The average Bonchev–Trinajstić information content (AvgIpc) is 2.38. The van der Waals surface area contributed by atoms with E-state index in [0.29, 0.717) is 5.39 Å². The Morgan fingerprint density at radius 1 is 1.17 bits per heavy atom. The van der Waals surface area contributed by atoms with Crippen molar-refractivity contribution in [1.82, 2.24) is 5.43 Å². The molecule has 18 heavy (non-hydrogen) atoms. The number of alkyl halides is 2. The average molecular weight is 252 g/mol. The summed E-state index contributed by atoms with van der Waals surface area (Å²) in [6.45, 7) is 0. The summed E-state index contributed by atoms with van der Waals surface area (Å²) in [5.74, 6) is 2.88. The van der Waals surface area contributed by atoms with Gasteiger partial charge in [-0.25, -0.2) is 5.84 Å². The number of carbonyl (C=O) groups excluding carboxylic acids is 1. The molecule has 6 heteroatoms. The molecule has 0 bridgehead atoms. The molecule has 0 aliphatic heterocycles. The predicted octanol–water partition coefficient (Wildman–Crippen LogP) is 1.80. The molecule has 0 spiro atoms. The second-order valence-corrected chi connectivity index (χ2v) is 3.57. The second-order valence-electron chi connectivity index (χ2n) is 3.57. The van der Waals surface area contributed by atoms with E-state index in [4.69, 9.17) is 0 Å². The van der Waals surface area contributed by atoms with Crippen LogP contribution in [0.4, 0.5) is 8.78 Å². The highest BCUT2D eigenvalue weighted by Crippen LogP contribution is 2.29. The SMILES string of the molecule is NNC(=O)C(F)(F)Oc1cccc2ccccc12. The standard InChI is InChI=1S/C12H10F2N2O2/c13-12(14,11(17)16-15)18-10-7-3-5-8-4-1-2-6-9(8)10/h1-7H,15H2,(H,16,17). The van der Waals surface area contributed by atoms with Crippen molar-refractivity contribution in [2.75, 3.05) is 0 Å². The van der Waals surface area contributed by atoms with E-state index in [-0.39, 0.29) is 5.75 Å². The normalized spacial score (nSPS) is 11.3. The lowest BCUT2D eigenvalue weighted by Crippen LogP contribution is -2.47. The summed E-state index contributed by atoms with van der Waals surface area (Å²) < 4.78 is 31.1. The highest BCUT2D eigenvalue weighted by molar-refractivity contribution is 5.89. The minimum Gasteiger partial charge on any atom is -0.425 e. The highest BCUT2D eigenvalue weighted by Gasteiger charge is 2.42. The molecule has 2 aromatic carbocycles. The maximum Gasteiger partial charge on any atom is 0.483 e. The summed E-state index contributed by atoms with van der Waals surface area (Å²) in [6.07, 6.45) is -4.02. The van der Waals surface area contributed by atoms with Crippen molar-refractivity contribution in [2.24, 2.45) is 5.84 Å². The van der Waals surface area contributed by atoms with E-state index < -0.39 is 12.0 Å². The molecule has 2 aromatic rings. The summed E-state index contributed by atoms with van der Waals surface area (Å²) in [4.78, 5) is 10.9. The van der Waals surface area contributed by atoms with Crippen LogP contribution in [0, 0.1) is 0 Å². The van der Waals surface area contributed by atoms with Crippen molar-refractivity contribution in [1.29, 1.82) is 0 Å². The van der Waals surface area contributed by atoms with Gasteiger partial charge in [-0.1, -0.05) is 36.4 Å². The van der Waals surface area contributed by atoms with Crippen molar-refractivity contribution in [3.8, 4) is 5.75 Å². The third-order valence-electron chi connectivity index (χ3n) is 2.38. The summed E-state index contributed by atoms with van der Waals surface area (Å²) >= 11 is 0. The van der Waals surface area contributed by atoms with E-state index in [0.717, 1.165) is 5.39 Å². The van der Waals surface area contributed by atoms with Crippen molar-refractivity contribution in [2.45, 2.75) is 6.11 Å². The molecule has 3 N–H and O–H groups in total. The zero-order valence-electron chi connectivity index (χ0n) is 9.19. The third-order valence-corrected chi connectivity index (χ3v) is 2.38. The minimum atomic E-state index is -4.02. The van der Waals surface area contributed by atoms with Gasteiger partial charge < -0.3 is 4.74 Å². The van der Waals surface area contributed by atoms with Crippen LogP contribution in [0.1, 0.15) is 0 Å². The molecule has 0 fully saturated rings. The molecular weight excluding hydrogens is 242 g/mol. The van der Waals surface area contributed by atoms with Gasteiger partial charge in [0.15, 0.2) is 0 Å². The van der Waals surface area contributed by atoms with Gasteiger partial charge in [0.2, 0.25) is 0 Å². The number of nitrogens with two attached hydrogens (primary N) is 1. The molecule has 0 atom stereocenters. The van der Waals surface area contributed by atoms with Crippen molar-refractivity contribution in [3.05, 3.63) is 42.5 Å². The lowest BCUT2D eigenvalue weighted by atomic mass is 10.1.